The lowest BCUT2D eigenvalue weighted by atomic mass is 10.0. The number of aliphatic carboxylic acids is 1. The summed E-state index contributed by atoms with van der Waals surface area (Å²) >= 11 is 0. The normalized spacial score (nSPS) is 10.1. The number of aromatic nitrogens is 2. The summed E-state index contributed by atoms with van der Waals surface area (Å²) in [5.41, 5.74) is 2.99. The molecule has 0 aliphatic carbocycles. The molecule has 0 saturated heterocycles. The summed E-state index contributed by atoms with van der Waals surface area (Å²) in [6.07, 6.45) is 4.13. The number of hydrogen-bond donors (Lipinski definition) is 2. The largest absolute Gasteiger partial charge is 0.480 e. The number of carbonyl (C=O) groups is 2. The highest BCUT2D eigenvalue weighted by Gasteiger charge is 2.10. The number of carboxylic acid groups (broad SMARTS) is 1. The van der Waals surface area contributed by atoms with Crippen LogP contribution in [0.1, 0.15) is 23.1 Å². The van der Waals surface area contributed by atoms with Crippen molar-refractivity contribution in [1.82, 2.24) is 15.3 Å². The van der Waals surface area contributed by atoms with Gasteiger partial charge in [-0.2, -0.15) is 0 Å². The van der Waals surface area contributed by atoms with Crippen molar-refractivity contribution in [2.75, 3.05) is 6.54 Å². The first-order valence-corrected chi connectivity index (χ1v) is 6.52. The van der Waals surface area contributed by atoms with E-state index in [4.69, 9.17) is 5.11 Å². The fourth-order valence-corrected chi connectivity index (χ4v) is 1.92. The monoisotopic (exact) mass is 285 g/mol. The SMILES string of the molecule is CCc1ncccc1-c1ccc(C(=O)NCC(=O)O)nc1. The third-order valence-corrected chi connectivity index (χ3v) is 2.93. The average molecular weight is 285 g/mol. The second-order valence-corrected chi connectivity index (χ2v) is 4.36. The number of rotatable bonds is 5. The van der Waals surface area contributed by atoms with Gasteiger partial charge in [-0.1, -0.05) is 19.1 Å². The third kappa shape index (κ3) is 3.62. The Kier molecular flexibility index (Phi) is 4.61. The molecule has 0 unspecified atom stereocenters. The van der Waals surface area contributed by atoms with Crippen LogP contribution in [-0.4, -0.2) is 33.5 Å². The zero-order valence-electron chi connectivity index (χ0n) is 11.5. The zero-order valence-corrected chi connectivity index (χ0v) is 11.5. The number of hydrogen-bond acceptors (Lipinski definition) is 4. The van der Waals surface area contributed by atoms with E-state index in [1.807, 2.05) is 19.1 Å². The molecule has 2 heterocycles. The van der Waals surface area contributed by atoms with Crippen molar-refractivity contribution in [1.29, 1.82) is 0 Å². The summed E-state index contributed by atoms with van der Waals surface area (Å²) in [5, 5.41) is 10.8. The van der Waals surface area contributed by atoms with Crippen LogP contribution in [-0.2, 0) is 11.2 Å². The van der Waals surface area contributed by atoms with Crippen molar-refractivity contribution in [2.45, 2.75) is 13.3 Å². The Morgan fingerprint density at radius 2 is 2.05 bits per heavy atom. The summed E-state index contributed by atoms with van der Waals surface area (Å²) < 4.78 is 0. The molecule has 0 radical (unpaired) electrons. The molecular formula is C15H15N3O3. The Balaban J connectivity index is 2.19. The molecule has 6 heteroatoms. The summed E-state index contributed by atoms with van der Waals surface area (Å²) in [6, 6.07) is 7.15. The van der Waals surface area contributed by atoms with Crippen molar-refractivity contribution in [3.8, 4) is 11.1 Å². The maximum Gasteiger partial charge on any atom is 0.322 e. The lowest BCUT2D eigenvalue weighted by Crippen LogP contribution is -2.29. The molecular weight excluding hydrogens is 270 g/mol. The number of carboxylic acids is 1. The number of amides is 1. The molecule has 0 fully saturated rings. The minimum absolute atomic E-state index is 0.182. The number of carbonyl (C=O) groups excluding carboxylic acids is 1. The van der Waals surface area contributed by atoms with Gasteiger partial charge in [0.2, 0.25) is 0 Å². The minimum atomic E-state index is -1.09. The first-order valence-electron chi connectivity index (χ1n) is 6.52. The molecule has 2 N–H and O–H groups in total. The van der Waals surface area contributed by atoms with Crippen LogP contribution in [0.3, 0.4) is 0 Å². The van der Waals surface area contributed by atoms with Gasteiger partial charge in [0.05, 0.1) is 0 Å². The standard InChI is InChI=1S/C15H15N3O3/c1-2-12-11(4-3-7-16-12)10-5-6-13(17-8-10)15(21)18-9-14(19)20/h3-8H,2,9H2,1H3,(H,18,21)(H,19,20). The van der Waals surface area contributed by atoms with Gasteiger partial charge in [0, 0.05) is 29.2 Å². The Labute approximate surface area is 121 Å². The zero-order chi connectivity index (χ0) is 15.2. The molecule has 2 rings (SSSR count). The van der Waals surface area contributed by atoms with Crippen LogP contribution >= 0.6 is 0 Å². The summed E-state index contributed by atoms with van der Waals surface area (Å²) in [6.45, 7) is 1.60. The van der Waals surface area contributed by atoms with E-state index in [0.717, 1.165) is 23.2 Å². The third-order valence-electron chi connectivity index (χ3n) is 2.93. The molecule has 0 aromatic carbocycles. The Morgan fingerprint density at radius 1 is 1.24 bits per heavy atom. The van der Waals surface area contributed by atoms with Crippen LogP contribution in [0.15, 0.2) is 36.7 Å². The van der Waals surface area contributed by atoms with Crippen LogP contribution in [0.25, 0.3) is 11.1 Å². The van der Waals surface area contributed by atoms with Gasteiger partial charge < -0.3 is 10.4 Å². The van der Waals surface area contributed by atoms with Gasteiger partial charge in [-0.3, -0.25) is 19.6 Å². The molecule has 108 valence electrons. The molecule has 21 heavy (non-hydrogen) atoms. The van der Waals surface area contributed by atoms with Gasteiger partial charge in [-0.05, 0) is 18.6 Å². The Bertz CT molecular complexity index is 653. The lowest BCUT2D eigenvalue weighted by Gasteiger charge is -2.07. The number of nitrogens with zero attached hydrogens (tertiary/aromatic N) is 2. The quantitative estimate of drug-likeness (QED) is 0.869. The van der Waals surface area contributed by atoms with Gasteiger partial charge in [0.15, 0.2) is 0 Å². The van der Waals surface area contributed by atoms with Gasteiger partial charge in [0.1, 0.15) is 12.2 Å². The predicted molar refractivity (Wildman–Crippen MR) is 76.8 cm³/mol. The van der Waals surface area contributed by atoms with E-state index < -0.39 is 18.4 Å². The van der Waals surface area contributed by atoms with Crippen LogP contribution in [0.4, 0.5) is 0 Å². The van der Waals surface area contributed by atoms with Gasteiger partial charge in [-0.15, -0.1) is 0 Å². The number of aryl methyl sites for hydroxylation is 1. The van der Waals surface area contributed by atoms with Gasteiger partial charge in [-0.25, -0.2) is 0 Å². The first-order chi connectivity index (χ1) is 10.1. The molecule has 0 spiro atoms. The van der Waals surface area contributed by atoms with E-state index in [-0.39, 0.29) is 5.69 Å². The fourth-order valence-electron chi connectivity index (χ4n) is 1.92. The van der Waals surface area contributed by atoms with Crippen LogP contribution in [0.2, 0.25) is 0 Å². The van der Waals surface area contributed by atoms with Gasteiger partial charge >= 0.3 is 5.97 Å². The van der Waals surface area contributed by atoms with Crippen molar-refractivity contribution in [2.24, 2.45) is 0 Å². The van der Waals surface area contributed by atoms with Crippen LogP contribution in [0.5, 0.6) is 0 Å². The number of pyridine rings is 2. The molecule has 0 aliphatic rings. The molecule has 0 saturated carbocycles. The summed E-state index contributed by atoms with van der Waals surface area (Å²) in [5.74, 6) is -1.60. The fraction of sp³-hybridized carbons (Fsp3) is 0.200. The first kappa shape index (κ1) is 14.6. The highest BCUT2D eigenvalue weighted by atomic mass is 16.4. The topological polar surface area (TPSA) is 92.2 Å². The second-order valence-electron chi connectivity index (χ2n) is 4.36. The van der Waals surface area contributed by atoms with E-state index in [1.165, 1.54) is 0 Å². The van der Waals surface area contributed by atoms with Crippen molar-refractivity contribution >= 4 is 11.9 Å². The number of nitrogens with one attached hydrogen (secondary N) is 1. The molecule has 0 bridgehead atoms. The molecule has 0 aliphatic heterocycles. The van der Waals surface area contributed by atoms with E-state index in [2.05, 4.69) is 15.3 Å². The predicted octanol–water partition coefficient (Wildman–Crippen LogP) is 1.52. The van der Waals surface area contributed by atoms with Crippen LogP contribution < -0.4 is 5.32 Å². The Morgan fingerprint density at radius 3 is 2.67 bits per heavy atom. The van der Waals surface area contributed by atoms with E-state index in [1.54, 1.807) is 24.5 Å². The van der Waals surface area contributed by atoms with Crippen molar-refractivity contribution < 1.29 is 14.7 Å². The molecule has 2 aromatic heterocycles. The Hall–Kier alpha value is -2.76. The second kappa shape index (κ2) is 6.60. The highest BCUT2D eigenvalue weighted by Crippen LogP contribution is 2.21. The molecule has 0 atom stereocenters. The van der Waals surface area contributed by atoms with E-state index in [9.17, 15) is 9.59 Å². The summed E-state index contributed by atoms with van der Waals surface area (Å²) in [7, 11) is 0. The van der Waals surface area contributed by atoms with Crippen LogP contribution in [0, 0.1) is 0 Å². The maximum atomic E-state index is 11.7. The van der Waals surface area contributed by atoms with E-state index in [0.29, 0.717) is 0 Å². The molecule has 6 nitrogen and oxygen atoms in total. The van der Waals surface area contributed by atoms with Crippen molar-refractivity contribution in [3.05, 3.63) is 48.0 Å². The van der Waals surface area contributed by atoms with Crippen molar-refractivity contribution in [3.63, 3.8) is 0 Å². The maximum absolute atomic E-state index is 11.7. The molecule has 2 aromatic rings. The average Bonchev–Trinajstić information content (AvgIpc) is 2.52. The highest BCUT2D eigenvalue weighted by molar-refractivity contribution is 5.94. The smallest absolute Gasteiger partial charge is 0.322 e. The summed E-state index contributed by atoms with van der Waals surface area (Å²) in [4.78, 5) is 30.5. The van der Waals surface area contributed by atoms with E-state index >= 15 is 0 Å². The minimum Gasteiger partial charge on any atom is -0.480 e. The molecule has 1 amide bonds. The van der Waals surface area contributed by atoms with Gasteiger partial charge in [0.25, 0.3) is 5.91 Å². The lowest BCUT2D eigenvalue weighted by molar-refractivity contribution is -0.135.